The molecule has 16 heavy (non-hydrogen) atoms. The van der Waals surface area contributed by atoms with Crippen LogP contribution < -0.4 is 0 Å². The Morgan fingerprint density at radius 2 is 0.562 bits per heavy atom. The predicted molar refractivity (Wildman–Crippen MR) is 72.8 cm³/mol. The molecule has 0 amide bonds. The van der Waals surface area contributed by atoms with Gasteiger partial charge in [-0.25, -0.2) is 0 Å². The molecule has 2 saturated carbocycles. The van der Waals surface area contributed by atoms with E-state index in [4.69, 9.17) is 0 Å². The molecule has 0 atom stereocenters. The molecule has 0 heterocycles. The van der Waals surface area contributed by atoms with Gasteiger partial charge < -0.3 is 7.43 Å². The number of hydrogen-bond acceptors (Lipinski definition) is 0. The molecular formula is C14H22AlGd-. The van der Waals surface area contributed by atoms with E-state index in [1.54, 1.807) is 0 Å². The van der Waals surface area contributed by atoms with Crippen LogP contribution in [-0.2, 0) is 0 Å². The van der Waals surface area contributed by atoms with E-state index in [1.165, 1.54) is 0 Å². The molecule has 2 aliphatic carbocycles. The van der Waals surface area contributed by atoms with Crippen LogP contribution in [-0.4, -0.2) is 14.1 Å². The summed E-state index contributed by atoms with van der Waals surface area (Å²) in [6.07, 6.45) is 20.0. The van der Waals surface area contributed by atoms with Crippen molar-refractivity contribution in [2.45, 2.75) is 17.4 Å². The van der Waals surface area contributed by atoms with Crippen LogP contribution in [0.15, 0.2) is 0 Å². The topological polar surface area (TPSA) is 0 Å². The van der Waals surface area contributed by atoms with Crippen LogP contribution in [0, 0.1) is 112 Å². The Labute approximate surface area is 141 Å². The van der Waals surface area contributed by atoms with E-state index in [1.807, 2.05) is 64.2 Å². The van der Waals surface area contributed by atoms with Gasteiger partial charge in [0, 0.05) is 39.9 Å². The quantitative estimate of drug-likeness (QED) is 0.446. The molecule has 2 fully saturated rings. The second-order valence-corrected chi connectivity index (χ2v) is 7.12. The van der Waals surface area contributed by atoms with E-state index in [-0.39, 0.29) is 61.5 Å². The van der Waals surface area contributed by atoms with Gasteiger partial charge in [0.2, 0.25) is 0 Å². The van der Waals surface area contributed by atoms with Gasteiger partial charge in [-0.1, -0.05) is 0 Å². The minimum atomic E-state index is -0.139. The Balaban J connectivity index is -0.000000151. The average molecular weight is 375 g/mol. The van der Waals surface area contributed by atoms with Gasteiger partial charge in [-0.3, -0.25) is 0 Å². The molecular weight excluding hydrogens is 352 g/mol. The van der Waals surface area contributed by atoms with Crippen molar-refractivity contribution in [1.29, 1.82) is 0 Å². The zero-order valence-electron chi connectivity index (χ0n) is 10.7. The molecule has 90 valence electrons. The molecule has 2 rings (SSSR count). The molecule has 0 spiro atoms. The van der Waals surface area contributed by atoms with Crippen molar-refractivity contribution in [2.24, 2.45) is 0 Å². The molecule has 10 radical (unpaired) electrons. The van der Waals surface area contributed by atoms with Gasteiger partial charge in [0.15, 0.2) is 0 Å². The van der Waals surface area contributed by atoms with Crippen LogP contribution in [0.4, 0.5) is 0 Å². The summed E-state index contributed by atoms with van der Waals surface area (Å²) in [4.78, 5) is 0. The van der Waals surface area contributed by atoms with Crippen molar-refractivity contribution in [2.75, 3.05) is 0 Å². The van der Waals surface area contributed by atoms with Crippen molar-refractivity contribution in [3.8, 4) is 0 Å². The van der Waals surface area contributed by atoms with Gasteiger partial charge >= 0.3 is 0 Å². The predicted octanol–water partition coefficient (Wildman–Crippen LogP) is 3.86. The van der Waals surface area contributed by atoms with Crippen molar-refractivity contribution in [1.82, 2.24) is 0 Å². The molecule has 2 aliphatic rings. The van der Waals surface area contributed by atoms with Crippen LogP contribution in [0.25, 0.3) is 0 Å². The third kappa shape index (κ3) is 24.9. The molecule has 0 aliphatic heterocycles. The number of rotatable bonds is 0. The van der Waals surface area contributed by atoms with E-state index >= 15 is 0 Å². The molecule has 0 saturated heterocycles. The van der Waals surface area contributed by atoms with Gasteiger partial charge in [-0.15, -0.1) is 17.4 Å². The third-order valence-corrected chi connectivity index (χ3v) is 1.11. The van der Waals surface area contributed by atoms with Crippen LogP contribution in [0.5, 0.6) is 0 Å². The van der Waals surface area contributed by atoms with E-state index < -0.39 is 0 Å². The molecule has 0 bridgehead atoms. The summed E-state index contributed by atoms with van der Waals surface area (Å²) in [7, 11) is 0. The second-order valence-electron chi connectivity index (χ2n) is 3.66. The minimum absolute atomic E-state index is 0. The molecule has 0 aromatic carbocycles. The zero-order chi connectivity index (χ0) is 10.6. The van der Waals surface area contributed by atoms with Crippen molar-refractivity contribution >= 4 is 14.1 Å². The van der Waals surface area contributed by atoms with E-state index in [9.17, 15) is 0 Å². The van der Waals surface area contributed by atoms with Gasteiger partial charge in [0.1, 0.15) is 0 Å². The summed E-state index contributed by atoms with van der Waals surface area (Å²) < 4.78 is 0. The maximum atomic E-state index is 2.31. The van der Waals surface area contributed by atoms with Gasteiger partial charge in [-0.2, -0.15) is 0 Å². The van der Waals surface area contributed by atoms with E-state index in [2.05, 4.69) is 17.4 Å². The fraction of sp³-hybridized carbons (Fsp3) is 0.214. The Bertz CT molecular complexity index is 68.9. The van der Waals surface area contributed by atoms with Crippen molar-refractivity contribution < 1.29 is 39.9 Å². The molecule has 0 N–H and O–H groups in total. The Hall–Kier alpha value is 1.86. The monoisotopic (exact) mass is 375 g/mol. The van der Waals surface area contributed by atoms with Gasteiger partial charge in [-0.05, 0) is 64.2 Å². The average Bonchev–Trinajstić information content (AvgIpc) is 2.83. The molecule has 0 aromatic rings. The summed E-state index contributed by atoms with van der Waals surface area (Å²) in [5.74, 6) is 6.92. The summed E-state index contributed by atoms with van der Waals surface area (Å²) >= 11 is -0.139. The fourth-order valence-electron chi connectivity index (χ4n) is 0.642. The maximum absolute atomic E-state index is 2.31. The Morgan fingerprint density at radius 3 is 0.625 bits per heavy atom. The first-order valence-electron chi connectivity index (χ1n) is 5.07. The molecule has 0 nitrogen and oxygen atoms in total. The molecule has 2 heteroatoms. The SMILES string of the molecule is [CH3-].[CH3][Al]([CH3])[CH3].[CH]1[CH][CH][CH][CH]1.[CH]1[CH][CH][CH][CH]1.[Gd]. The first-order chi connectivity index (χ1) is 6.73. The van der Waals surface area contributed by atoms with Crippen LogP contribution >= 0.6 is 0 Å². The van der Waals surface area contributed by atoms with Gasteiger partial charge in [0.25, 0.3) is 14.1 Å². The smallest absolute Gasteiger partial charge is 0.251 e. The molecule has 0 unspecified atom stereocenters. The second kappa shape index (κ2) is 19.2. The molecule has 0 aromatic heterocycles. The maximum Gasteiger partial charge on any atom is 0.251 e. The third-order valence-electron chi connectivity index (χ3n) is 1.11. The van der Waals surface area contributed by atoms with Crippen LogP contribution in [0.3, 0.4) is 0 Å². The first kappa shape index (κ1) is 23.0. The summed E-state index contributed by atoms with van der Waals surface area (Å²) in [6, 6.07) is 0. The van der Waals surface area contributed by atoms with E-state index in [0.29, 0.717) is 0 Å². The summed E-state index contributed by atoms with van der Waals surface area (Å²) in [5, 5.41) is 0. The van der Waals surface area contributed by atoms with Crippen molar-refractivity contribution in [3.05, 3.63) is 71.6 Å². The fourth-order valence-corrected chi connectivity index (χ4v) is 0.642. The zero-order valence-corrected chi connectivity index (χ0v) is 14.1. The minimum Gasteiger partial charge on any atom is -0.358 e. The summed E-state index contributed by atoms with van der Waals surface area (Å²) in [6.45, 7) is 0. The Kier molecular flexibility index (Phi) is 27.6. The van der Waals surface area contributed by atoms with Crippen LogP contribution in [0.1, 0.15) is 0 Å². The Morgan fingerprint density at radius 1 is 0.500 bits per heavy atom. The van der Waals surface area contributed by atoms with Crippen LogP contribution in [0.2, 0.25) is 17.4 Å². The standard InChI is InChI=1S/2C5H5.4CH3.Al.Gd/c2*1-2-4-5-3-1;;;;;;/h2*1-5H;4*1H3;;/q;;;;;-1;;. The normalized spacial score (nSPS) is 16.7. The number of hydrogen-bond donors (Lipinski definition) is 0. The van der Waals surface area contributed by atoms with Gasteiger partial charge in [0.05, 0.1) is 0 Å². The van der Waals surface area contributed by atoms with Crippen molar-refractivity contribution in [3.63, 3.8) is 0 Å². The summed E-state index contributed by atoms with van der Waals surface area (Å²) in [5.41, 5.74) is 0. The largest absolute Gasteiger partial charge is 0.358 e. The van der Waals surface area contributed by atoms with E-state index in [0.717, 1.165) is 0 Å². The first-order valence-corrected chi connectivity index (χ1v) is 8.53.